The van der Waals surface area contributed by atoms with Gasteiger partial charge in [-0.1, -0.05) is 160 Å². The number of allylic oxidation sites excluding steroid dienone is 2. The van der Waals surface area contributed by atoms with E-state index in [1.807, 2.05) is 0 Å². The van der Waals surface area contributed by atoms with Crippen LogP contribution in [0.1, 0.15) is 174 Å². The smallest absolute Gasteiger partial charge is 0.309 e. The van der Waals surface area contributed by atoms with E-state index < -0.39 is 17.9 Å². The Bertz CT molecular complexity index is 583. The number of aliphatic carboxylic acids is 1. The maximum Gasteiger partial charge on any atom is 0.309 e. The average molecular weight is 549 g/mol. The van der Waals surface area contributed by atoms with Crippen molar-refractivity contribution in [1.29, 1.82) is 0 Å². The van der Waals surface area contributed by atoms with Gasteiger partial charge in [-0.05, 0) is 32.1 Å². The summed E-state index contributed by atoms with van der Waals surface area (Å²) in [6.07, 6.45) is 38.7. The Morgan fingerprint density at radius 2 is 1.03 bits per heavy atom. The third kappa shape index (κ3) is 29.2. The van der Waals surface area contributed by atoms with Gasteiger partial charge in [0.25, 0.3) is 0 Å². The van der Waals surface area contributed by atoms with Crippen LogP contribution in [0.15, 0.2) is 24.8 Å². The van der Waals surface area contributed by atoms with Crippen molar-refractivity contribution in [3.63, 3.8) is 0 Å². The number of ether oxygens (including phenoxy) is 1. The van der Waals surface area contributed by atoms with Gasteiger partial charge in [0.2, 0.25) is 0 Å². The minimum atomic E-state index is -0.953. The first kappa shape index (κ1) is 37.4. The van der Waals surface area contributed by atoms with Crippen LogP contribution < -0.4 is 0 Å². The lowest BCUT2D eigenvalue weighted by atomic mass is 9.98. The standard InChI is InChI=1S/C35H64O4/c1-3-5-6-7-8-9-10-11-12-13-14-15-16-17-18-19-20-21-22-23-24-25-26-27-28-29-30-33(32-34(36)37)35(38)39-31-4-2/h4,25-26,33H,2-3,5-24,27-32H2,1H3,(H,36,37)/b26-25+. The number of carbonyl (C=O) groups is 2. The predicted octanol–water partition coefficient (Wildman–Crippen LogP) is 11.1. The Kier molecular flexibility index (Phi) is 29.7. The third-order valence-corrected chi connectivity index (χ3v) is 7.66. The number of hydrogen-bond donors (Lipinski definition) is 1. The van der Waals surface area contributed by atoms with Crippen molar-refractivity contribution >= 4 is 11.9 Å². The lowest BCUT2D eigenvalue weighted by Gasteiger charge is -2.13. The lowest BCUT2D eigenvalue weighted by Crippen LogP contribution is -2.21. The quantitative estimate of drug-likeness (QED) is 0.0531. The molecule has 0 aliphatic heterocycles. The van der Waals surface area contributed by atoms with Gasteiger partial charge >= 0.3 is 11.9 Å². The van der Waals surface area contributed by atoms with Crippen LogP contribution in [0.5, 0.6) is 0 Å². The molecular formula is C35H64O4. The van der Waals surface area contributed by atoms with Crippen LogP contribution >= 0.6 is 0 Å². The predicted molar refractivity (Wildman–Crippen MR) is 167 cm³/mol. The van der Waals surface area contributed by atoms with Gasteiger partial charge in [0.05, 0.1) is 12.3 Å². The maximum atomic E-state index is 12.0. The van der Waals surface area contributed by atoms with E-state index in [0.717, 1.165) is 25.7 Å². The molecule has 1 unspecified atom stereocenters. The number of rotatable bonds is 31. The summed E-state index contributed by atoms with van der Waals surface area (Å²) in [7, 11) is 0. The molecule has 228 valence electrons. The van der Waals surface area contributed by atoms with Crippen molar-refractivity contribution in [3.05, 3.63) is 24.8 Å². The van der Waals surface area contributed by atoms with E-state index in [1.165, 1.54) is 134 Å². The summed E-state index contributed by atoms with van der Waals surface area (Å²) in [5.41, 5.74) is 0. The molecular weight excluding hydrogens is 484 g/mol. The van der Waals surface area contributed by atoms with Gasteiger partial charge in [0.15, 0.2) is 0 Å². The van der Waals surface area contributed by atoms with E-state index in [-0.39, 0.29) is 13.0 Å². The number of hydrogen-bond acceptors (Lipinski definition) is 3. The summed E-state index contributed by atoms with van der Waals surface area (Å²) in [4.78, 5) is 23.0. The molecule has 0 heterocycles. The largest absolute Gasteiger partial charge is 0.481 e. The molecule has 0 fully saturated rings. The molecule has 0 saturated carbocycles. The molecule has 0 bridgehead atoms. The highest BCUT2D eigenvalue weighted by Gasteiger charge is 2.22. The van der Waals surface area contributed by atoms with E-state index >= 15 is 0 Å². The second kappa shape index (κ2) is 31.0. The summed E-state index contributed by atoms with van der Waals surface area (Å²) >= 11 is 0. The molecule has 0 aliphatic rings. The fourth-order valence-electron chi connectivity index (χ4n) is 5.18. The Morgan fingerprint density at radius 1 is 0.641 bits per heavy atom. The van der Waals surface area contributed by atoms with Gasteiger partial charge in [-0.15, -0.1) is 0 Å². The zero-order valence-corrected chi connectivity index (χ0v) is 25.8. The van der Waals surface area contributed by atoms with Crippen LogP contribution in [0.4, 0.5) is 0 Å². The van der Waals surface area contributed by atoms with E-state index in [0.29, 0.717) is 6.42 Å². The van der Waals surface area contributed by atoms with Gasteiger partial charge in [0, 0.05) is 0 Å². The van der Waals surface area contributed by atoms with Crippen LogP contribution in [-0.4, -0.2) is 23.7 Å². The summed E-state index contributed by atoms with van der Waals surface area (Å²) in [6.45, 7) is 5.94. The minimum Gasteiger partial charge on any atom is -0.481 e. The summed E-state index contributed by atoms with van der Waals surface area (Å²) in [5, 5.41) is 9.02. The summed E-state index contributed by atoms with van der Waals surface area (Å²) < 4.78 is 5.03. The zero-order chi connectivity index (χ0) is 28.7. The molecule has 0 aromatic heterocycles. The molecule has 4 heteroatoms. The molecule has 0 spiro atoms. The van der Waals surface area contributed by atoms with Gasteiger partial charge in [-0.25, -0.2) is 0 Å². The Balaban J connectivity index is 3.37. The highest BCUT2D eigenvalue weighted by molar-refractivity contribution is 5.79. The molecule has 0 amide bonds. The molecule has 0 saturated heterocycles. The van der Waals surface area contributed by atoms with Crippen LogP contribution in [0, 0.1) is 5.92 Å². The van der Waals surface area contributed by atoms with Crippen molar-refractivity contribution in [1.82, 2.24) is 0 Å². The molecule has 39 heavy (non-hydrogen) atoms. The number of carboxylic acids is 1. The molecule has 0 rings (SSSR count). The monoisotopic (exact) mass is 548 g/mol. The number of esters is 1. The van der Waals surface area contributed by atoms with E-state index in [4.69, 9.17) is 9.84 Å². The second-order valence-corrected chi connectivity index (χ2v) is 11.5. The van der Waals surface area contributed by atoms with Crippen molar-refractivity contribution in [2.45, 2.75) is 174 Å². The maximum absolute atomic E-state index is 12.0. The summed E-state index contributed by atoms with van der Waals surface area (Å²) in [5.74, 6) is -1.93. The van der Waals surface area contributed by atoms with Gasteiger partial charge in [-0.3, -0.25) is 9.59 Å². The zero-order valence-electron chi connectivity index (χ0n) is 25.8. The fraction of sp³-hybridized carbons (Fsp3) is 0.829. The molecule has 0 aromatic rings. The van der Waals surface area contributed by atoms with Crippen LogP contribution in [0.3, 0.4) is 0 Å². The average Bonchev–Trinajstić information content (AvgIpc) is 2.92. The van der Waals surface area contributed by atoms with Crippen LogP contribution in [-0.2, 0) is 14.3 Å². The van der Waals surface area contributed by atoms with Gasteiger partial charge in [0.1, 0.15) is 6.61 Å². The van der Waals surface area contributed by atoms with E-state index in [2.05, 4.69) is 25.7 Å². The Labute approximate surface area is 242 Å². The molecule has 4 nitrogen and oxygen atoms in total. The topological polar surface area (TPSA) is 63.6 Å². The van der Waals surface area contributed by atoms with Crippen LogP contribution in [0.25, 0.3) is 0 Å². The third-order valence-electron chi connectivity index (χ3n) is 7.66. The molecule has 1 N–H and O–H groups in total. The van der Waals surface area contributed by atoms with Crippen molar-refractivity contribution in [2.75, 3.05) is 6.61 Å². The first-order chi connectivity index (χ1) is 19.1. The second-order valence-electron chi connectivity index (χ2n) is 11.5. The highest BCUT2D eigenvalue weighted by atomic mass is 16.5. The number of carboxylic acid groups (broad SMARTS) is 1. The molecule has 0 aliphatic carbocycles. The molecule has 0 aromatic carbocycles. The summed E-state index contributed by atoms with van der Waals surface area (Å²) in [6, 6.07) is 0. The number of unbranched alkanes of at least 4 members (excludes halogenated alkanes) is 22. The van der Waals surface area contributed by atoms with Crippen LogP contribution in [0.2, 0.25) is 0 Å². The Hall–Kier alpha value is -1.58. The Morgan fingerprint density at radius 3 is 1.41 bits per heavy atom. The van der Waals surface area contributed by atoms with Crippen molar-refractivity contribution < 1.29 is 19.4 Å². The first-order valence-electron chi connectivity index (χ1n) is 16.8. The first-order valence-corrected chi connectivity index (χ1v) is 16.8. The van der Waals surface area contributed by atoms with E-state index in [1.54, 1.807) is 0 Å². The van der Waals surface area contributed by atoms with Crippen molar-refractivity contribution in [2.24, 2.45) is 5.92 Å². The molecule has 0 radical (unpaired) electrons. The van der Waals surface area contributed by atoms with Gasteiger partial charge in [-0.2, -0.15) is 0 Å². The molecule has 1 atom stereocenters. The minimum absolute atomic E-state index is 0.136. The van der Waals surface area contributed by atoms with Gasteiger partial charge < -0.3 is 9.84 Å². The van der Waals surface area contributed by atoms with E-state index in [9.17, 15) is 9.59 Å². The number of carbonyl (C=O) groups excluding carboxylic acids is 1. The van der Waals surface area contributed by atoms with Crippen molar-refractivity contribution in [3.8, 4) is 0 Å². The lowest BCUT2D eigenvalue weighted by molar-refractivity contribution is -0.152. The highest BCUT2D eigenvalue weighted by Crippen LogP contribution is 2.17. The normalized spacial score (nSPS) is 12.1. The SMILES string of the molecule is C=CCOC(=O)C(CCCC/C=C/CCCCCCCCCCCCCCCCCCCCCC)CC(=O)O. The fourth-order valence-corrected chi connectivity index (χ4v) is 5.18.